The molecule has 2 aromatic heterocycles. The predicted molar refractivity (Wildman–Crippen MR) is 177 cm³/mol. The van der Waals surface area contributed by atoms with Crippen LogP contribution < -0.4 is 4.74 Å². The lowest BCUT2D eigenvalue weighted by molar-refractivity contribution is -0.122. The SMILES string of the molecule is CCOC(=O)c1c(CCCOc2cccc3ccccc23)c2ccc(C)c3c2n1CCCN(C)Cc1nn(C)c(C)c1-3.O=CO. The fraction of sp³-hybridized carbons (Fsp3) is 0.361. The molecule has 0 amide bonds. The van der Waals surface area contributed by atoms with Gasteiger partial charge in [0, 0.05) is 47.7 Å². The number of carbonyl (C=O) groups excluding carboxylic acids is 1. The molecular formula is C36H42N4O5. The van der Waals surface area contributed by atoms with Gasteiger partial charge in [-0.2, -0.15) is 5.10 Å². The number of aryl methyl sites for hydroxylation is 4. The lowest BCUT2D eigenvalue weighted by Gasteiger charge is -2.21. The summed E-state index contributed by atoms with van der Waals surface area (Å²) in [5, 5.41) is 15.2. The molecule has 0 saturated carbocycles. The van der Waals surface area contributed by atoms with Gasteiger partial charge in [-0.15, -0.1) is 0 Å². The van der Waals surface area contributed by atoms with Crippen LogP contribution in [0.2, 0.25) is 0 Å². The van der Waals surface area contributed by atoms with Crippen molar-refractivity contribution in [2.45, 2.75) is 53.1 Å². The molecule has 3 aromatic carbocycles. The minimum absolute atomic E-state index is 0.250. The maximum atomic E-state index is 13.7. The number of hydrogen-bond donors (Lipinski definition) is 1. The van der Waals surface area contributed by atoms with Gasteiger partial charge < -0.3 is 24.0 Å². The van der Waals surface area contributed by atoms with Crippen LogP contribution in [0.1, 0.15) is 52.8 Å². The van der Waals surface area contributed by atoms with Crippen LogP contribution in [-0.2, 0) is 36.1 Å². The first-order valence-corrected chi connectivity index (χ1v) is 15.5. The normalized spacial score (nSPS) is 13.2. The van der Waals surface area contributed by atoms with Crippen molar-refractivity contribution < 1.29 is 24.2 Å². The molecule has 0 spiro atoms. The summed E-state index contributed by atoms with van der Waals surface area (Å²) < 4.78 is 16.2. The van der Waals surface area contributed by atoms with Crippen molar-refractivity contribution in [3.05, 3.63) is 82.8 Å². The van der Waals surface area contributed by atoms with Crippen LogP contribution >= 0.6 is 0 Å². The Bertz CT molecular complexity index is 1830. The third-order valence-electron chi connectivity index (χ3n) is 8.58. The van der Waals surface area contributed by atoms with Crippen molar-refractivity contribution in [1.82, 2.24) is 19.2 Å². The van der Waals surface area contributed by atoms with E-state index in [1.165, 1.54) is 22.1 Å². The molecule has 9 heteroatoms. The van der Waals surface area contributed by atoms with Crippen LogP contribution in [-0.4, -0.2) is 63.6 Å². The van der Waals surface area contributed by atoms with Gasteiger partial charge in [0.2, 0.25) is 0 Å². The third kappa shape index (κ3) is 6.31. The maximum absolute atomic E-state index is 13.7. The van der Waals surface area contributed by atoms with Crippen molar-refractivity contribution >= 4 is 34.1 Å². The van der Waals surface area contributed by atoms with Crippen LogP contribution in [0.15, 0.2) is 54.6 Å². The Morgan fingerprint density at radius 1 is 1.00 bits per heavy atom. The molecule has 6 rings (SSSR count). The molecule has 0 fully saturated rings. The molecule has 0 saturated heterocycles. The summed E-state index contributed by atoms with van der Waals surface area (Å²) in [6.07, 6.45) is 2.41. The van der Waals surface area contributed by atoms with Gasteiger partial charge in [0.15, 0.2) is 0 Å². The van der Waals surface area contributed by atoms with Gasteiger partial charge in [0.25, 0.3) is 6.47 Å². The molecule has 0 aliphatic carbocycles. The molecule has 1 aliphatic heterocycles. The number of rotatable bonds is 7. The molecule has 5 aromatic rings. The predicted octanol–water partition coefficient (Wildman–Crippen LogP) is 6.54. The van der Waals surface area contributed by atoms with E-state index in [1.54, 1.807) is 0 Å². The average molecular weight is 611 g/mol. The van der Waals surface area contributed by atoms with E-state index in [2.05, 4.69) is 60.7 Å². The van der Waals surface area contributed by atoms with Crippen LogP contribution in [0.5, 0.6) is 5.75 Å². The molecule has 3 heterocycles. The van der Waals surface area contributed by atoms with Gasteiger partial charge in [-0.3, -0.25) is 9.48 Å². The van der Waals surface area contributed by atoms with Gasteiger partial charge >= 0.3 is 5.97 Å². The van der Waals surface area contributed by atoms with Gasteiger partial charge in [0.1, 0.15) is 11.4 Å². The van der Waals surface area contributed by atoms with E-state index >= 15 is 0 Å². The molecule has 236 valence electrons. The standard InChI is InChI=1S/C35H40N4O3.CH2O2/c1-6-41-35(40)34-27(15-10-21-42-30-16-9-13-25-12-7-8-14-26(25)30)28-18-17-23(2)31-32-24(3)38(5)36-29(32)22-37(4)19-11-20-39(34)33(28)31;2-1-3/h7-9,12-14,16-18H,6,10-11,15,19-22H2,1-5H3;1H,(H,2,3). The van der Waals surface area contributed by atoms with Crippen LogP contribution in [0, 0.1) is 13.8 Å². The van der Waals surface area contributed by atoms with Crippen molar-refractivity contribution in [2.24, 2.45) is 7.05 Å². The quantitative estimate of drug-likeness (QED) is 0.127. The number of fused-ring (bicyclic) bond motifs is 3. The molecule has 0 radical (unpaired) electrons. The Morgan fingerprint density at radius 2 is 1.76 bits per heavy atom. The maximum Gasteiger partial charge on any atom is 0.355 e. The molecule has 45 heavy (non-hydrogen) atoms. The molecule has 1 N–H and O–H groups in total. The monoisotopic (exact) mass is 610 g/mol. The second-order valence-corrected chi connectivity index (χ2v) is 11.5. The second kappa shape index (κ2) is 14.0. The summed E-state index contributed by atoms with van der Waals surface area (Å²) in [5.74, 6) is 0.636. The van der Waals surface area contributed by atoms with Crippen molar-refractivity contribution in [3.8, 4) is 16.9 Å². The fourth-order valence-corrected chi connectivity index (χ4v) is 6.54. The number of hydrogen-bond acceptors (Lipinski definition) is 6. The highest BCUT2D eigenvalue weighted by molar-refractivity contribution is 6.05. The Morgan fingerprint density at radius 3 is 2.53 bits per heavy atom. The zero-order chi connectivity index (χ0) is 32.1. The highest BCUT2D eigenvalue weighted by atomic mass is 16.5. The zero-order valence-corrected chi connectivity index (χ0v) is 26.8. The number of nitrogens with zero attached hydrogens (tertiary/aromatic N) is 4. The first-order chi connectivity index (χ1) is 21.8. The summed E-state index contributed by atoms with van der Waals surface area (Å²) in [6.45, 7) is 9.26. The smallest absolute Gasteiger partial charge is 0.355 e. The van der Waals surface area contributed by atoms with Crippen molar-refractivity contribution in [1.29, 1.82) is 0 Å². The Kier molecular flexibility index (Phi) is 9.88. The molecule has 9 nitrogen and oxygen atoms in total. The number of carboxylic acid groups (broad SMARTS) is 1. The summed E-state index contributed by atoms with van der Waals surface area (Å²) >= 11 is 0. The molecule has 0 bridgehead atoms. The Balaban J connectivity index is 0.00000128. The van der Waals surface area contributed by atoms with Crippen molar-refractivity contribution in [2.75, 3.05) is 26.8 Å². The van der Waals surface area contributed by atoms with E-state index in [9.17, 15) is 4.79 Å². The van der Waals surface area contributed by atoms with Crippen LogP contribution in [0.4, 0.5) is 0 Å². The zero-order valence-electron chi connectivity index (χ0n) is 26.8. The van der Waals surface area contributed by atoms with E-state index in [0.717, 1.165) is 71.5 Å². The lowest BCUT2D eigenvalue weighted by Crippen LogP contribution is -2.23. The van der Waals surface area contributed by atoms with Gasteiger partial charge in [-0.1, -0.05) is 48.5 Å². The first-order valence-electron chi connectivity index (χ1n) is 15.5. The topological polar surface area (TPSA) is 98.8 Å². The minimum Gasteiger partial charge on any atom is -0.493 e. The average Bonchev–Trinajstić information content (AvgIpc) is 3.48. The summed E-state index contributed by atoms with van der Waals surface area (Å²) in [5.41, 5.74) is 8.57. The van der Waals surface area contributed by atoms with E-state index in [1.807, 2.05) is 42.9 Å². The van der Waals surface area contributed by atoms with E-state index < -0.39 is 0 Å². The van der Waals surface area contributed by atoms with E-state index in [0.29, 0.717) is 25.3 Å². The fourth-order valence-electron chi connectivity index (χ4n) is 6.54. The largest absolute Gasteiger partial charge is 0.493 e. The molecular weight excluding hydrogens is 568 g/mol. The highest BCUT2D eigenvalue weighted by Crippen LogP contribution is 2.41. The van der Waals surface area contributed by atoms with Crippen molar-refractivity contribution in [3.63, 3.8) is 0 Å². The number of esters is 1. The van der Waals surface area contributed by atoms with Gasteiger partial charge in [0.05, 0.1) is 24.4 Å². The molecule has 0 atom stereocenters. The lowest BCUT2D eigenvalue weighted by atomic mass is 9.94. The van der Waals surface area contributed by atoms with Gasteiger partial charge in [-0.25, -0.2) is 4.79 Å². The van der Waals surface area contributed by atoms with E-state index in [-0.39, 0.29) is 12.4 Å². The summed E-state index contributed by atoms with van der Waals surface area (Å²) in [6, 6.07) is 18.8. The molecule has 1 aliphatic rings. The first kappa shape index (κ1) is 31.8. The van der Waals surface area contributed by atoms with Gasteiger partial charge in [-0.05, 0) is 76.2 Å². The summed E-state index contributed by atoms with van der Waals surface area (Å²) in [7, 11) is 4.16. The Labute approximate surface area is 264 Å². The summed E-state index contributed by atoms with van der Waals surface area (Å²) in [4.78, 5) is 24.4. The third-order valence-corrected chi connectivity index (χ3v) is 8.58. The number of carbonyl (C=O) groups is 2. The Hall–Kier alpha value is -4.63. The second-order valence-electron chi connectivity index (χ2n) is 11.5. The number of aromatic nitrogens is 3. The number of benzene rings is 3. The van der Waals surface area contributed by atoms with Crippen LogP contribution in [0.3, 0.4) is 0 Å². The van der Waals surface area contributed by atoms with E-state index in [4.69, 9.17) is 24.5 Å². The molecule has 0 unspecified atom stereocenters. The highest BCUT2D eigenvalue weighted by Gasteiger charge is 2.29. The minimum atomic E-state index is -0.254. The van der Waals surface area contributed by atoms with Crippen LogP contribution in [0.25, 0.3) is 32.8 Å². The number of ether oxygens (including phenoxy) is 2.